The summed E-state index contributed by atoms with van der Waals surface area (Å²) >= 11 is 3.52. The van der Waals surface area contributed by atoms with Gasteiger partial charge in [-0.1, -0.05) is 12.1 Å². The van der Waals surface area contributed by atoms with E-state index in [0.717, 1.165) is 21.4 Å². The monoisotopic (exact) mass is 444 g/mol. The maximum atomic E-state index is 12.7. The van der Waals surface area contributed by atoms with Gasteiger partial charge in [-0.2, -0.15) is 10.2 Å². The second-order valence-corrected chi connectivity index (χ2v) is 7.20. The Hall–Kier alpha value is -2.94. The van der Waals surface area contributed by atoms with Crippen LogP contribution < -0.4 is 11.1 Å². The molecule has 2 aromatic heterocycles. The number of aromatic nitrogens is 4. The minimum absolute atomic E-state index is 0.0406. The molecule has 146 valence electrons. The van der Waals surface area contributed by atoms with Gasteiger partial charge in [-0.05, 0) is 54.4 Å². The normalized spacial score (nSPS) is 10.9. The summed E-state index contributed by atoms with van der Waals surface area (Å²) in [6.07, 6.45) is 1.59. The summed E-state index contributed by atoms with van der Waals surface area (Å²) < 4.78 is 4.41. The van der Waals surface area contributed by atoms with Gasteiger partial charge in [0.2, 0.25) is 0 Å². The number of carbonyl (C=O) groups is 2. The van der Waals surface area contributed by atoms with E-state index in [9.17, 15) is 9.59 Å². The number of primary amides is 1. The molecule has 0 aliphatic carbocycles. The lowest BCUT2D eigenvalue weighted by Gasteiger charge is -2.08. The molecule has 0 unspecified atom stereocenters. The van der Waals surface area contributed by atoms with Crippen LogP contribution in [-0.2, 0) is 13.1 Å². The van der Waals surface area contributed by atoms with Crippen molar-refractivity contribution in [3.63, 3.8) is 0 Å². The van der Waals surface area contributed by atoms with Gasteiger partial charge in [0.25, 0.3) is 11.8 Å². The molecule has 0 saturated heterocycles. The maximum Gasteiger partial charge on any atom is 0.271 e. The molecule has 9 heteroatoms. The van der Waals surface area contributed by atoms with E-state index in [1.54, 1.807) is 23.0 Å². The first-order valence-corrected chi connectivity index (χ1v) is 9.56. The Balaban J connectivity index is 1.82. The Morgan fingerprint density at radius 1 is 1.25 bits per heavy atom. The summed E-state index contributed by atoms with van der Waals surface area (Å²) in [7, 11) is 0. The Bertz CT molecular complexity index is 1050. The molecule has 2 amide bonds. The zero-order valence-electron chi connectivity index (χ0n) is 15.9. The van der Waals surface area contributed by atoms with E-state index in [1.165, 1.54) is 0 Å². The van der Waals surface area contributed by atoms with Crippen LogP contribution in [0.4, 0.5) is 5.69 Å². The summed E-state index contributed by atoms with van der Waals surface area (Å²) in [4.78, 5) is 24.3. The summed E-state index contributed by atoms with van der Waals surface area (Å²) in [5.74, 6) is -1.03. The summed E-state index contributed by atoms with van der Waals surface area (Å²) in [6.45, 7) is 6.90. The number of hydrogen-bond donors (Lipinski definition) is 2. The Labute approximate surface area is 170 Å². The van der Waals surface area contributed by atoms with Crippen molar-refractivity contribution >= 4 is 33.4 Å². The van der Waals surface area contributed by atoms with Crippen molar-refractivity contribution in [2.75, 3.05) is 5.32 Å². The number of anilines is 1. The molecule has 0 aliphatic heterocycles. The van der Waals surface area contributed by atoms with Gasteiger partial charge in [-0.25, -0.2) is 0 Å². The van der Waals surface area contributed by atoms with Crippen molar-refractivity contribution in [2.45, 2.75) is 33.9 Å². The van der Waals surface area contributed by atoms with Gasteiger partial charge in [0.15, 0.2) is 5.69 Å². The van der Waals surface area contributed by atoms with E-state index in [2.05, 4.69) is 31.4 Å². The van der Waals surface area contributed by atoms with Crippen LogP contribution >= 0.6 is 15.9 Å². The number of hydrogen-bond acceptors (Lipinski definition) is 4. The summed E-state index contributed by atoms with van der Waals surface area (Å²) in [5.41, 5.74) is 9.03. The van der Waals surface area contributed by atoms with E-state index in [4.69, 9.17) is 5.73 Å². The third-order valence-electron chi connectivity index (χ3n) is 4.38. The number of nitrogens with two attached hydrogens (primary N) is 1. The molecule has 3 aromatic rings. The van der Waals surface area contributed by atoms with Crippen molar-refractivity contribution in [1.29, 1.82) is 0 Å². The van der Waals surface area contributed by atoms with Crippen LogP contribution in [0.3, 0.4) is 0 Å². The van der Waals surface area contributed by atoms with Crippen LogP contribution in [0.25, 0.3) is 0 Å². The van der Waals surface area contributed by atoms with Crippen molar-refractivity contribution in [3.8, 4) is 0 Å². The van der Waals surface area contributed by atoms with Crippen LogP contribution in [0.1, 0.15) is 44.7 Å². The third-order valence-corrected chi connectivity index (χ3v) is 5.53. The zero-order valence-corrected chi connectivity index (χ0v) is 17.4. The van der Waals surface area contributed by atoms with E-state index in [0.29, 0.717) is 24.3 Å². The lowest BCUT2D eigenvalue weighted by Crippen LogP contribution is -2.18. The smallest absolute Gasteiger partial charge is 0.271 e. The van der Waals surface area contributed by atoms with E-state index in [-0.39, 0.29) is 11.6 Å². The van der Waals surface area contributed by atoms with Crippen LogP contribution in [0.2, 0.25) is 0 Å². The molecular formula is C19H21BrN6O2. The third kappa shape index (κ3) is 3.99. The molecule has 28 heavy (non-hydrogen) atoms. The average Bonchev–Trinajstić information content (AvgIpc) is 3.18. The van der Waals surface area contributed by atoms with E-state index >= 15 is 0 Å². The highest BCUT2D eigenvalue weighted by Gasteiger charge is 2.17. The van der Waals surface area contributed by atoms with Crippen molar-refractivity contribution in [2.24, 2.45) is 5.73 Å². The van der Waals surface area contributed by atoms with Crippen molar-refractivity contribution in [3.05, 3.63) is 63.1 Å². The highest BCUT2D eigenvalue weighted by atomic mass is 79.9. The highest BCUT2D eigenvalue weighted by Crippen LogP contribution is 2.21. The minimum Gasteiger partial charge on any atom is -0.364 e. The lowest BCUT2D eigenvalue weighted by atomic mass is 10.1. The number of amides is 2. The minimum atomic E-state index is -0.689. The fourth-order valence-electron chi connectivity index (χ4n) is 2.86. The topological polar surface area (TPSA) is 108 Å². The van der Waals surface area contributed by atoms with E-state index < -0.39 is 5.91 Å². The van der Waals surface area contributed by atoms with E-state index in [1.807, 2.05) is 37.6 Å². The predicted octanol–water partition coefficient (Wildman–Crippen LogP) is 2.88. The van der Waals surface area contributed by atoms with Crippen LogP contribution in [0.15, 0.2) is 34.9 Å². The second-order valence-electron chi connectivity index (χ2n) is 6.41. The Morgan fingerprint density at radius 2 is 2.00 bits per heavy atom. The maximum absolute atomic E-state index is 12.7. The molecule has 0 radical (unpaired) electrons. The van der Waals surface area contributed by atoms with Gasteiger partial charge < -0.3 is 11.1 Å². The summed E-state index contributed by atoms with van der Waals surface area (Å²) in [6, 6.07) is 7.26. The first kappa shape index (κ1) is 19.8. The summed E-state index contributed by atoms with van der Waals surface area (Å²) in [5, 5.41) is 11.3. The molecule has 0 atom stereocenters. The van der Waals surface area contributed by atoms with Gasteiger partial charge in [-0.15, -0.1) is 0 Å². The lowest BCUT2D eigenvalue weighted by molar-refractivity contribution is 0.0995. The molecule has 0 aliphatic rings. The van der Waals surface area contributed by atoms with Crippen LogP contribution in [0.5, 0.6) is 0 Å². The van der Waals surface area contributed by atoms with Gasteiger partial charge in [0.1, 0.15) is 0 Å². The molecule has 8 nitrogen and oxygen atoms in total. The highest BCUT2D eigenvalue weighted by molar-refractivity contribution is 9.10. The second kappa shape index (κ2) is 7.97. The first-order valence-electron chi connectivity index (χ1n) is 8.77. The number of nitrogens with zero attached hydrogens (tertiary/aromatic N) is 4. The molecule has 2 heterocycles. The first-order chi connectivity index (χ1) is 13.3. The molecular weight excluding hydrogens is 424 g/mol. The number of benzene rings is 1. The molecule has 0 saturated carbocycles. The zero-order chi connectivity index (χ0) is 20.4. The van der Waals surface area contributed by atoms with Crippen molar-refractivity contribution < 1.29 is 9.59 Å². The van der Waals surface area contributed by atoms with Gasteiger partial charge in [-0.3, -0.25) is 19.0 Å². The number of nitrogens with one attached hydrogen (secondary N) is 1. The largest absolute Gasteiger partial charge is 0.364 e. The number of rotatable bonds is 6. The predicted molar refractivity (Wildman–Crippen MR) is 109 cm³/mol. The molecule has 0 fully saturated rings. The standard InChI is InChI=1S/C19H21BrN6O2/c1-4-25-10-15(17(24-25)18(21)27)22-19(28)14-7-5-6-13(8-14)9-26-12(3)16(20)11(2)23-26/h5-8,10H,4,9H2,1-3H3,(H2,21,27)(H,22,28). The molecule has 0 bridgehead atoms. The van der Waals surface area contributed by atoms with Crippen LogP contribution in [-0.4, -0.2) is 31.4 Å². The molecule has 1 aromatic carbocycles. The Morgan fingerprint density at radius 3 is 2.61 bits per heavy atom. The van der Waals surface area contributed by atoms with Gasteiger partial charge >= 0.3 is 0 Å². The fourth-order valence-corrected chi connectivity index (χ4v) is 3.15. The molecule has 3 rings (SSSR count). The Kier molecular flexibility index (Phi) is 5.64. The SMILES string of the molecule is CCn1cc(NC(=O)c2cccc(Cn3nc(C)c(Br)c3C)c2)c(C(N)=O)n1. The molecule has 3 N–H and O–H groups in total. The average molecular weight is 445 g/mol. The number of halogens is 1. The van der Waals surface area contributed by atoms with Gasteiger partial charge in [0, 0.05) is 18.3 Å². The van der Waals surface area contributed by atoms with Gasteiger partial charge in [0.05, 0.1) is 28.1 Å². The fraction of sp³-hybridized carbons (Fsp3) is 0.263. The number of carbonyl (C=O) groups excluding carboxylic acids is 2. The molecule has 0 spiro atoms. The quantitative estimate of drug-likeness (QED) is 0.608. The van der Waals surface area contributed by atoms with Crippen LogP contribution in [0, 0.1) is 13.8 Å². The number of aryl methyl sites for hydroxylation is 2. The van der Waals surface area contributed by atoms with Crippen molar-refractivity contribution in [1.82, 2.24) is 19.6 Å².